The molecule has 0 bridgehead atoms. The molecule has 2 rings (SSSR count). The molecule has 1 amide bonds. The van der Waals surface area contributed by atoms with Crippen molar-refractivity contribution in [2.45, 2.75) is 24.9 Å². The average molecular weight is 430 g/mol. The van der Waals surface area contributed by atoms with Crippen LogP contribution in [0.1, 0.15) is 22.5 Å². The zero-order valence-electron chi connectivity index (χ0n) is 12.9. The molecule has 6 nitrogen and oxygen atoms in total. The number of sulfonamides is 1. The van der Waals surface area contributed by atoms with E-state index in [-0.39, 0.29) is 15.7 Å². The van der Waals surface area contributed by atoms with Gasteiger partial charge in [0.05, 0.1) is 18.5 Å². The molecule has 0 aliphatic heterocycles. The molecule has 0 saturated carbocycles. The summed E-state index contributed by atoms with van der Waals surface area (Å²) >= 11 is 11.7. The third-order valence-corrected chi connectivity index (χ3v) is 5.13. The van der Waals surface area contributed by atoms with Crippen molar-refractivity contribution in [3.05, 3.63) is 52.0 Å². The Kier molecular flexibility index (Phi) is 6.20. The highest BCUT2D eigenvalue weighted by molar-refractivity contribution is 7.89. The molecular formula is C14H12Cl2F3N3O3S. The number of hydrogen-bond donors (Lipinski definition) is 1. The molecule has 1 aromatic heterocycles. The maximum absolute atomic E-state index is 12.3. The lowest BCUT2D eigenvalue weighted by Crippen LogP contribution is -2.32. The fraction of sp³-hybridized carbons (Fsp3) is 0.286. The van der Waals surface area contributed by atoms with Gasteiger partial charge in [-0.1, -0.05) is 41.4 Å². The van der Waals surface area contributed by atoms with E-state index < -0.39 is 46.5 Å². The molecule has 12 heteroatoms. The number of benzene rings is 1. The molecule has 0 fully saturated rings. The zero-order chi connectivity index (χ0) is 19.5. The highest BCUT2D eigenvalue weighted by Crippen LogP contribution is 2.23. The summed E-state index contributed by atoms with van der Waals surface area (Å²) < 4.78 is 63.6. The second-order valence-corrected chi connectivity index (χ2v) is 7.71. The van der Waals surface area contributed by atoms with Crippen LogP contribution in [0.25, 0.3) is 0 Å². The summed E-state index contributed by atoms with van der Waals surface area (Å²) in [6.07, 6.45) is -4.65. The predicted molar refractivity (Wildman–Crippen MR) is 89.5 cm³/mol. The van der Waals surface area contributed by atoms with Gasteiger partial charge >= 0.3 is 6.18 Å². The van der Waals surface area contributed by atoms with Crippen molar-refractivity contribution in [1.82, 2.24) is 14.3 Å². The van der Waals surface area contributed by atoms with E-state index in [1.54, 1.807) is 16.9 Å². The molecule has 0 spiro atoms. The van der Waals surface area contributed by atoms with E-state index in [0.717, 1.165) is 10.9 Å². The predicted octanol–water partition coefficient (Wildman–Crippen LogP) is 3.40. The van der Waals surface area contributed by atoms with Crippen LogP contribution in [0.2, 0.25) is 10.2 Å². The minimum Gasteiger partial charge on any atom is -0.321 e. The Morgan fingerprint density at radius 3 is 2.50 bits per heavy atom. The molecule has 0 atom stereocenters. The lowest BCUT2D eigenvalue weighted by molar-refractivity contribution is -0.136. The van der Waals surface area contributed by atoms with Crippen LogP contribution in [-0.4, -0.2) is 30.1 Å². The molecule has 0 aliphatic carbocycles. The number of imidazole rings is 1. The van der Waals surface area contributed by atoms with Crippen LogP contribution < -0.4 is 4.72 Å². The van der Waals surface area contributed by atoms with E-state index in [0.29, 0.717) is 0 Å². The van der Waals surface area contributed by atoms with Crippen molar-refractivity contribution in [3.8, 4) is 0 Å². The molecule has 1 aromatic carbocycles. The zero-order valence-corrected chi connectivity index (χ0v) is 15.3. The first-order chi connectivity index (χ1) is 12.0. The van der Waals surface area contributed by atoms with Gasteiger partial charge in [0.1, 0.15) is 5.15 Å². The van der Waals surface area contributed by atoms with Gasteiger partial charge in [0.15, 0.2) is 5.69 Å². The number of rotatable bonds is 6. The first-order valence-electron chi connectivity index (χ1n) is 7.04. The van der Waals surface area contributed by atoms with Crippen LogP contribution in [0.4, 0.5) is 13.2 Å². The Morgan fingerprint density at radius 2 is 1.88 bits per heavy atom. The van der Waals surface area contributed by atoms with E-state index in [1.165, 1.54) is 12.1 Å². The van der Waals surface area contributed by atoms with E-state index in [2.05, 4.69) is 4.98 Å². The maximum atomic E-state index is 12.3. The number of alkyl halides is 3. The summed E-state index contributed by atoms with van der Waals surface area (Å²) in [4.78, 5) is 15.7. The summed E-state index contributed by atoms with van der Waals surface area (Å²) in [6.45, 7) is -0.547. The van der Waals surface area contributed by atoms with E-state index in [9.17, 15) is 26.4 Å². The molecule has 0 aliphatic rings. The number of hydrogen-bond acceptors (Lipinski definition) is 4. The van der Waals surface area contributed by atoms with Crippen LogP contribution in [0.3, 0.4) is 0 Å². The van der Waals surface area contributed by atoms with Crippen molar-refractivity contribution in [2.24, 2.45) is 0 Å². The fourth-order valence-corrected chi connectivity index (χ4v) is 3.63. The maximum Gasteiger partial charge on any atom is 0.390 e. The molecule has 0 saturated heterocycles. The van der Waals surface area contributed by atoms with Crippen molar-refractivity contribution >= 4 is 39.1 Å². The second kappa shape index (κ2) is 7.85. The quantitative estimate of drug-likeness (QED) is 0.762. The van der Waals surface area contributed by atoms with Crippen LogP contribution >= 0.6 is 23.2 Å². The number of aromatic nitrogens is 2. The summed E-state index contributed by atoms with van der Waals surface area (Å²) in [5.41, 5.74) is -0.215. The van der Waals surface area contributed by atoms with Crippen LogP contribution in [-0.2, 0) is 22.3 Å². The Bertz CT molecular complexity index is 914. The Labute approximate surface area is 157 Å². The molecule has 2 aromatic rings. The summed E-state index contributed by atoms with van der Waals surface area (Å²) in [5, 5.41) is -0.181. The Balaban J connectivity index is 2.10. The van der Waals surface area contributed by atoms with Gasteiger partial charge in [-0.15, -0.1) is 0 Å². The van der Waals surface area contributed by atoms with Crippen LogP contribution in [0, 0.1) is 0 Å². The minimum absolute atomic E-state index is 0.208. The number of nitrogens with one attached hydrogen (secondary N) is 1. The number of amides is 1. The topological polar surface area (TPSA) is 81.1 Å². The highest BCUT2D eigenvalue weighted by Gasteiger charge is 2.28. The Morgan fingerprint density at radius 1 is 1.23 bits per heavy atom. The molecule has 26 heavy (non-hydrogen) atoms. The van der Waals surface area contributed by atoms with Crippen molar-refractivity contribution in [2.75, 3.05) is 0 Å². The number of aryl methyl sites for hydroxylation is 1. The molecular weight excluding hydrogens is 418 g/mol. The van der Waals surface area contributed by atoms with E-state index in [1.807, 2.05) is 0 Å². The van der Waals surface area contributed by atoms with Gasteiger partial charge in [0.25, 0.3) is 5.91 Å². The summed E-state index contributed by atoms with van der Waals surface area (Å²) in [6, 6.07) is 6.17. The third-order valence-electron chi connectivity index (χ3n) is 3.18. The van der Waals surface area contributed by atoms with Gasteiger partial charge in [0.2, 0.25) is 10.0 Å². The number of halogens is 5. The SMILES string of the molecule is O=C(NS(=O)(=O)Cc1ccccc1Cl)c1ncn(CCC(F)(F)F)c1Cl. The molecule has 1 heterocycles. The molecule has 142 valence electrons. The van der Waals surface area contributed by atoms with Crippen molar-refractivity contribution in [1.29, 1.82) is 0 Å². The Hall–Kier alpha value is -1.78. The summed E-state index contributed by atoms with van der Waals surface area (Å²) in [7, 11) is -4.12. The number of carbonyl (C=O) groups is 1. The first-order valence-corrected chi connectivity index (χ1v) is 9.45. The molecule has 0 radical (unpaired) electrons. The smallest absolute Gasteiger partial charge is 0.321 e. The molecule has 0 unspecified atom stereocenters. The number of carbonyl (C=O) groups excluding carboxylic acids is 1. The van der Waals surface area contributed by atoms with Crippen LogP contribution in [0.5, 0.6) is 0 Å². The highest BCUT2D eigenvalue weighted by atomic mass is 35.5. The van der Waals surface area contributed by atoms with Gasteiger partial charge < -0.3 is 4.57 Å². The van der Waals surface area contributed by atoms with Gasteiger partial charge in [0, 0.05) is 11.6 Å². The minimum atomic E-state index is -4.41. The van der Waals surface area contributed by atoms with Gasteiger partial charge in [-0.25, -0.2) is 18.1 Å². The number of nitrogens with zero attached hydrogens (tertiary/aromatic N) is 2. The fourth-order valence-electron chi connectivity index (χ4n) is 1.97. The van der Waals surface area contributed by atoms with Gasteiger partial charge in [-0.3, -0.25) is 4.79 Å². The van der Waals surface area contributed by atoms with Crippen LogP contribution in [0.15, 0.2) is 30.6 Å². The van der Waals surface area contributed by atoms with E-state index in [4.69, 9.17) is 23.2 Å². The average Bonchev–Trinajstić information content (AvgIpc) is 2.87. The van der Waals surface area contributed by atoms with Crippen molar-refractivity contribution < 1.29 is 26.4 Å². The first kappa shape index (κ1) is 20.5. The van der Waals surface area contributed by atoms with Crippen molar-refractivity contribution in [3.63, 3.8) is 0 Å². The van der Waals surface area contributed by atoms with Gasteiger partial charge in [-0.2, -0.15) is 13.2 Å². The lowest BCUT2D eigenvalue weighted by atomic mass is 10.2. The third kappa shape index (κ3) is 5.61. The lowest BCUT2D eigenvalue weighted by Gasteiger charge is -2.08. The van der Waals surface area contributed by atoms with Gasteiger partial charge in [-0.05, 0) is 11.6 Å². The standard InChI is InChI=1S/C14H12Cl2F3N3O3S/c15-10-4-2-1-3-9(10)7-26(24,25)21-13(23)11-12(16)22(8-20-11)6-5-14(17,18)19/h1-4,8H,5-7H2,(H,21,23). The largest absolute Gasteiger partial charge is 0.390 e. The normalized spacial score (nSPS) is 12.2. The molecule has 1 N–H and O–H groups in total. The van der Waals surface area contributed by atoms with E-state index >= 15 is 0 Å². The summed E-state index contributed by atoms with van der Waals surface area (Å²) in [5.74, 6) is -1.71. The second-order valence-electron chi connectivity index (χ2n) is 5.22. The monoisotopic (exact) mass is 429 g/mol.